The van der Waals surface area contributed by atoms with Gasteiger partial charge in [0.2, 0.25) is 17.5 Å². The molecule has 2 saturated heterocycles. The minimum atomic E-state index is -1.93. The molecule has 10 atom stereocenters. The zero-order valence-corrected chi connectivity index (χ0v) is 22.3. The Kier molecular flexibility index (Phi) is 8.41. The Morgan fingerprint density at radius 1 is 0.791 bits per heavy atom. The number of phenols is 4. The van der Waals surface area contributed by atoms with Crippen molar-refractivity contribution < 1.29 is 74.4 Å². The van der Waals surface area contributed by atoms with Crippen molar-refractivity contribution in [3.8, 4) is 40.1 Å². The van der Waals surface area contributed by atoms with Crippen LogP contribution in [0.1, 0.15) is 6.92 Å². The molecule has 0 spiro atoms. The highest BCUT2D eigenvalue weighted by molar-refractivity contribution is 5.88. The summed E-state index contributed by atoms with van der Waals surface area (Å²) in [7, 11) is 0. The van der Waals surface area contributed by atoms with Crippen molar-refractivity contribution in [2.75, 3.05) is 6.61 Å². The van der Waals surface area contributed by atoms with E-state index in [-0.39, 0.29) is 16.9 Å². The van der Waals surface area contributed by atoms with Gasteiger partial charge in [-0.3, -0.25) is 4.79 Å². The molecular formula is C27H30O16. The van der Waals surface area contributed by atoms with E-state index >= 15 is 0 Å². The Balaban J connectivity index is 1.47. The maximum absolute atomic E-state index is 13.6. The average Bonchev–Trinajstić information content (AvgIpc) is 2.96. The fourth-order valence-electron chi connectivity index (χ4n) is 4.97. The van der Waals surface area contributed by atoms with E-state index in [1.54, 1.807) is 0 Å². The molecule has 0 radical (unpaired) electrons. The van der Waals surface area contributed by atoms with Gasteiger partial charge < -0.3 is 74.4 Å². The van der Waals surface area contributed by atoms with Gasteiger partial charge in [0.25, 0.3) is 0 Å². The van der Waals surface area contributed by atoms with Gasteiger partial charge in [-0.15, -0.1) is 0 Å². The normalized spacial score (nSPS) is 33.0. The first-order valence-electron chi connectivity index (χ1n) is 13.0. The molecule has 1 aromatic heterocycles. The van der Waals surface area contributed by atoms with Crippen LogP contribution in [0.2, 0.25) is 0 Å². The minimum Gasteiger partial charge on any atom is -0.508 e. The zero-order valence-electron chi connectivity index (χ0n) is 22.3. The van der Waals surface area contributed by atoms with Crippen LogP contribution in [0.3, 0.4) is 0 Å². The molecule has 10 N–H and O–H groups in total. The molecule has 16 nitrogen and oxygen atoms in total. The number of aliphatic hydroxyl groups is 6. The minimum absolute atomic E-state index is 0.00476. The van der Waals surface area contributed by atoms with Gasteiger partial charge in [-0.05, 0) is 25.1 Å². The van der Waals surface area contributed by atoms with Crippen molar-refractivity contribution >= 4 is 11.0 Å². The summed E-state index contributed by atoms with van der Waals surface area (Å²) in [5, 5.41) is 101. The van der Waals surface area contributed by atoms with E-state index in [0.717, 1.165) is 24.3 Å². The highest BCUT2D eigenvalue weighted by Gasteiger charge is 2.50. The summed E-state index contributed by atoms with van der Waals surface area (Å²) in [6.45, 7) is 0.657. The van der Waals surface area contributed by atoms with E-state index < -0.39 is 108 Å². The SMILES string of the molecule is CC1O[C@@H](Oc2c(-c3ccc(O)c(O)c3)oc3cc(O)cc(O)c3c2=O)[C@@H](O)C(O)[C@H]1O[C@@H]1OC(CO)[C@H](O)C(O)C1O. The van der Waals surface area contributed by atoms with Crippen LogP contribution in [0.15, 0.2) is 39.5 Å². The number of phenolic OH excluding ortho intramolecular Hbond substituents is 4. The summed E-state index contributed by atoms with van der Waals surface area (Å²) in [5.74, 6) is -3.19. The molecule has 0 saturated carbocycles. The lowest BCUT2D eigenvalue weighted by Gasteiger charge is -2.45. The number of hydrogen-bond acceptors (Lipinski definition) is 16. The first kappa shape index (κ1) is 30.7. The number of rotatable bonds is 6. The van der Waals surface area contributed by atoms with Crippen LogP contribution >= 0.6 is 0 Å². The van der Waals surface area contributed by atoms with E-state index in [1.807, 2.05) is 0 Å². The molecule has 16 heteroatoms. The van der Waals surface area contributed by atoms with Crippen LogP contribution in [0.4, 0.5) is 0 Å². The highest BCUT2D eigenvalue weighted by atomic mass is 16.7. The third-order valence-corrected chi connectivity index (χ3v) is 7.31. The first-order valence-corrected chi connectivity index (χ1v) is 13.0. The van der Waals surface area contributed by atoms with E-state index in [0.29, 0.717) is 0 Å². The maximum Gasteiger partial charge on any atom is 0.239 e. The van der Waals surface area contributed by atoms with Crippen molar-refractivity contribution in [3.05, 3.63) is 40.6 Å². The van der Waals surface area contributed by atoms with E-state index in [9.17, 15) is 55.9 Å². The number of benzene rings is 2. The van der Waals surface area contributed by atoms with Crippen molar-refractivity contribution in [2.24, 2.45) is 0 Å². The van der Waals surface area contributed by atoms with Gasteiger partial charge in [-0.25, -0.2) is 0 Å². The largest absolute Gasteiger partial charge is 0.508 e. The van der Waals surface area contributed by atoms with Crippen LogP contribution in [0.25, 0.3) is 22.3 Å². The molecule has 234 valence electrons. The lowest BCUT2D eigenvalue weighted by Crippen LogP contribution is -2.64. The molecule has 5 rings (SSSR count). The van der Waals surface area contributed by atoms with Crippen molar-refractivity contribution in [2.45, 2.75) is 68.3 Å². The second kappa shape index (κ2) is 11.8. The van der Waals surface area contributed by atoms with Crippen LogP contribution in [0.5, 0.6) is 28.7 Å². The van der Waals surface area contributed by atoms with Crippen molar-refractivity contribution in [1.82, 2.24) is 0 Å². The monoisotopic (exact) mass is 610 g/mol. The molecule has 2 fully saturated rings. The van der Waals surface area contributed by atoms with Gasteiger partial charge >= 0.3 is 0 Å². The van der Waals surface area contributed by atoms with Crippen molar-refractivity contribution in [3.63, 3.8) is 0 Å². The second-order valence-corrected chi connectivity index (χ2v) is 10.2. The zero-order chi connectivity index (χ0) is 31.3. The fraction of sp³-hybridized carbons (Fsp3) is 0.444. The summed E-state index contributed by atoms with van der Waals surface area (Å²) in [6.07, 6.45) is -16.3. The predicted molar refractivity (Wildman–Crippen MR) is 140 cm³/mol. The number of hydrogen-bond donors (Lipinski definition) is 10. The number of aliphatic hydroxyl groups excluding tert-OH is 6. The van der Waals surface area contributed by atoms with Crippen LogP contribution in [0, 0.1) is 0 Å². The van der Waals surface area contributed by atoms with E-state index in [4.69, 9.17) is 23.4 Å². The molecule has 2 aromatic carbocycles. The Morgan fingerprint density at radius 3 is 2.16 bits per heavy atom. The standard InChI is InChI=1S/C27H30O16/c1-8-23(42-27-21(37)19(35)17(33)15(7-28)41-27)20(36)22(38)26(39-8)43-25-18(34)16-13(32)5-10(29)6-14(16)40-24(25)9-2-3-11(30)12(31)4-9/h2-6,8,15,17,19-23,26-33,35-38H,7H2,1H3/t8?,15?,17-,19?,20?,21?,22-,23-,26-,27-/m0/s1. The Bertz CT molecular complexity index is 1540. The summed E-state index contributed by atoms with van der Waals surface area (Å²) in [4.78, 5) is 13.6. The van der Waals surface area contributed by atoms with Crippen LogP contribution < -0.4 is 10.2 Å². The van der Waals surface area contributed by atoms with Gasteiger partial charge in [0.05, 0.1) is 12.7 Å². The Labute approximate surface area is 241 Å². The molecular weight excluding hydrogens is 580 g/mol. The number of ether oxygens (including phenoxy) is 4. The summed E-state index contributed by atoms with van der Waals surface area (Å²) in [5.41, 5.74) is -1.27. The van der Waals surface area contributed by atoms with E-state index in [2.05, 4.69) is 0 Å². The first-order chi connectivity index (χ1) is 20.3. The predicted octanol–water partition coefficient (Wildman–Crippen LogP) is -1.69. The maximum atomic E-state index is 13.6. The fourth-order valence-corrected chi connectivity index (χ4v) is 4.97. The Hall–Kier alpha value is -3.71. The summed E-state index contributed by atoms with van der Waals surface area (Å²) in [6, 6.07) is 5.32. The van der Waals surface area contributed by atoms with Crippen LogP contribution in [-0.4, -0.2) is 119 Å². The average molecular weight is 611 g/mol. The molecule has 2 aliphatic rings. The van der Waals surface area contributed by atoms with Gasteiger partial charge in [-0.1, -0.05) is 0 Å². The van der Waals surface area contributed by atoms with Crippen molar-refractivity contribution in [1.29, 1.82) is 0 Å². The van der Waals surface area contributed by atoms with Gasteiger partial charge in [0, 0.05) is 17.7 Å². The second-order valence-electron chi connectivity index (χ2n) is 10.2. The van der Waals surface area contributed by atoms with Gasteiger partial charge in [-0.2, -0.15) is 0 Å². The summed E-state index contributed by atoms with van der Waals surface area (Å²) >= 11 is 0. The summed E-state index contributed by atoms with van der Waals surface area (Å²) < 4.78 is 28.0. The lowest BCUT2D eigenvalue weighted by atomic mass is 9.97. The molecule has 0 aliphatic carbocycles. The van der Waals surface area contributed by atoms with E-state index in [1.165, 1.54) is 13.0 Å². The lowest BCUT2D eigenvalue weighted by molar-refractivity contribution is -0.348. The number of fused-ring (bicyclic) bond motifs is 1. The van der Waals surface area contributed by atoms with Gasteiger partial charge in [0.15, 0.2) is 23.5 Å². The smallest absolute Gasteiger partial charge is 0.239 e. The third-order valence-electron chi connectivity index (χ3n) is 7.31. The molecule has 0 bridgehead atoms. The van der Waals surface area contributed by atoms with Gasteiger partial charge in [0.1, 0.15) is 65.2 Å². The van der Waals surface area contributed by atoms with Crippen LogP contribution in [-0.2, 0) is 14.2 Å². The quantitative estimate of drug-likeness (QED) is 0.140. The molecule has 5 unspecified atom stereocenters. The molecule has 3 heterocycles. The molecule has 2 aliphatic heterocycles. The Morgan fingerprint density at radius 2 is 1.49 bits per heavy atom. The molecule has 43 heavy (non-hydrogen) atoms. The molecule has 0 amide bonds. The highest BCUT2D eigenvalue weighted by Crippen LogP contribution is 2.39. The third kappa shape index (κ3) is 5.55. The molecule has 3 aromatic rings. The topological polar surface area (TPSA) is 269 Å². The number of aromatic hydroxyl groups is 4.